The summed E-state index contributed by atoms with van der Waals surface area (Å²) in [5, 5.41) is 0. The van der Waals surface area contributed by atoms with Gasteiger partial charge in [-0.3, -0.25) is 0 Å². The van der Waals surface area contributed by atoms with E-state index in [4.69, 9.17) is 0 Å². The van der Waals surface area contributed by atoms with Crippen molar-refractivity contribution in [2.75, 3.05) is 0 Å². The third-order valence-corrected chi connectivity index (χ3v) is 5.13. The molecule has 0 bridgehead atoms. The molecule has 0 saturated carbocycles. The highest BCUT2D eigenvalue weighted by molar-refractivity contribution is 5.63. The monoisotopic (exact) mass is 336 g/mol. The molecular weight excluding hydrogens is 300 g/mol. The van der Waals surface area contributed by atoms with Crippen LogP contribution in [0.15, 0.2) is 48.5 Å². The normalized spacial score (nSPS) is 11.0. The van der Waals surface area contributed by atoms with Gasteiger partial charge in [-0.05, 0) is 47.9 Å². The molecule has 0 radical (unpaired) electrons. The van der Waals surface area contributed by atoms with Crippen molar-refractivity contribution in [2.45, 2.75) is 84.5 Å². The fourth-order valence-electron chi connectivity index (χ4n) is 3.42. The van der Waals surface area contributed by atoms with Crippen molar-refractivity contribution in [2.24, 2.45) is 0 Å². The summed E-state index contributed by atoms with van der Waals surface area (Å²) < 4.78 is 0. The predicted molar refractivity (Wildman–Crippen MR) is 112 cm³/mol. The fraction of sp³-hybridized carbons (Fsp3) is 0.520. The molecule has 0 amide bonds. The molecule has 0 spiro atoms. The molecule has 0 fully saturated rings. The Balaban J connectivity index is 1.80. The second-order valence-electron chi connectivity index (χ2n) is 7.37. The molecule has 25 heavy (non-hydrogen) atoms. The van der Waals surface area contributed by atoms with Gasteiger partial charge in [0.15, 0.2) is 0 Å². The standard InChI is InChI=1S/C25H36/c1-3-5-7-9-11-13-23-16-20-25(21-17-23)24-18-14-22(15-19-24)12-10-8-6-4-2/h14-21H,3-13H2,1-2H3. The Labute approximate surface area is 155 Å². The number of benzene rings is 2. The van der Waals surface area contributed by atoms with E-state index in [0.717, 1.165) is 0 Å². The molecule has 0 unspecified atom stereocenters. The quantitative estimate of drug-likeness (QED) is 0.344. The SMILES string of the molecule is CCCCCCCc1ccc(-c2ccc(CCCCCC)cc2)cc1. The Morgan fingerprint density at radius 3 is 1.20 bits per heavy atom. The summed E-state index contributed by atoms with van der Waals surface area (Å²) in [6.45, 7) is 4.55. The van der Waals surface area contributed by atoms with Gasteiger partial charge in [-0.25, -0.2) is 0 Å². The lowest BCUT2D eigenvalue weighted by Crippen LogP contribution is -1.88. The Bertz CT molecular complexity index is 562. The van der Waals surface area contributed by atoms with Gasteiger partial charge in [0.1, 0.15) is 0 Å². The fourth-order valence-corrected chi connectivity index (χ4v) is 3.42. The molecule has 0 saturated heterocycles. The van der Waals surface area contributed by atoms with Crippen LogP contribution in [0, 0.1) is 0 Å². The van der Waals surface area contributed by atoms with E-state index in [9.17, 15) is 0 Å². The zero-order chi connectivity index (χ0) is 17.7. The van der Waals surface area contributed by atoms with Gasteiger partial charge in [-0.1, -0.05) is 107 Å². The van der Waals surface area contributed by atoms with Crippen LogP contribution in [0.4, 0.5) is 0 Å². The molecule has 0 heteroatoms. The highest BCUT2D eigenvalue weighted by Gasteiger charge is 2.00. The number of rotatable bonds is 12. The van der Waals surface area contributed by atoms with E-state index in [0.29, 0.717) is 0 Å². The zero-order valence-electron chi connectivity index (χ0n) is 16.4. The van der Waals surface area contributed by atoms with E-state index >= 15 is 0 Å². The van der Waals surface area contributed by atoms with Crippen LogP contribution in [-0.2, 0) is 12.8 Å². The van der Waals surface area contributed by atoms with Crippen molar-refractivity contribution in [3.63, 3.8) is 0 Å². The van der Waals surface area contributed by atoms with Gasteiger partial charge in [-0.15, -0.1) is 0 Å². The van der Waals surface area contributed by atoms with E-state index < -0.39 is 0 Å². The van der Waals surface area contributed by atoms with Crippen LogP contribution in [0.2, 0.25) is 0 Å². The first-order valence-corrected chi connectivity index (χ1v) is 10.5. The van der Waals surface area contributed by atoms with Crippen LogP contribution in [0.1, 0.15) is 82.8 Å². The Morgan fingerprint density at radius 2 is 0.800 bits per heavy atom. The predicted octanol–water partition coefficient (Wildman–Crippen LogP) is 7.99. The van der Waals surface area contributed by atoms with Gasteiger partial charge in [0.05, 0.1) is 0 Å². The summed E-state index contributed by atoms with van der Waals surface area (Å²) in [4.78, 5) is 0. The summed E-state index contributed by atoms with van der Waals surface area (Å²) in [7, 11) is 0. The van der Waals surface area contributed by atoms with Gasteiger partial charge >= 0.3 is 0 Å². The van der Waals surface area contributed by atoms with Crippen molar-refractivity contribution < 1.29 is 0 Å². The number of unbranched alkanes of at least 4 members (excludes halogenated alkanes) is 7. The molecule has 2 rings (SSSR count). The van der Waals surface area contributed by atoms with Crippen molar-refractivity contribution in [1.29, 1.82) is 0 Å². The second kappa shape index (κ2) is 11.9. The zero-order valence-corrected chi connectivity index (χ0v) is 16.4. The van der Waals surface area contributed by atoms with Crippen molar-refractivity contribution in [3.8, 4) is 11.1 Å². The maximum atomic E-state index is 2.31. The second-order valence-corrected chi connectivity index (χ2v) is 7.37. The molecule has 0 aliphatic carbocycles. The van der Waals surface area contributed by atoms with Crippen molar-refractivity contribution in [3.05, 3.63) is 59.7 Å². The van der Waals surface area contributed by atoms with Crippen LogP contribution < -0.4 is 0 Å². The van der Waals surface area contributed by atoms with Crippen LogP contribution in [-0.4, -0.2) is 0 Å². The first kappa shape index (κ1) is 19.8. The molecule has 0 N–H and O–H groups in total. The Morgan fingerprint density at radius 1 is 0.440 bits per heavy atom. The lowest BCUT2D eigenvalue weighted by molar-refractivity contribution is 0.632. The summed E-state index contributed by atoms with van der Waals surface area (Å²) in [6.07, 6.45) is 14.6. The smallest absolute Gasteiger partial charge is 0.0184 e. The van der Waals surface area contributed by atoms with Gasteiger partial charge < -0.3 is 0 Å². The van der Waals surface area contributed by atoms with Gasteiger partial charge in [-0.2, -0.15) is 0 Å². The first-order valence-electron chi connectivity index (χ1n) is 10.5. The number of hydrogen-bond acceptors (Lipinski definition) is 0. The van der Waals surface area contributed by atoms with Gasteiger partial charge in [0.25, 0.3) is 0 Å². The highest BCUT2D eigenvalue weighted by Crippen LogP contribution is 2.22. The number of hydrogen-bond donors (Lipinski definition) is 0. The summed E-state index contributed by atoms with van der Waals surface area (Å²) >= 11 is 0. The van der Waals surface area contributed by atoms with E-state index in [1.54, 1.807) is 0 Å². The van der Waals surface area contributed by atoms with Gasteiger partial charge in [0.2, 0.25) is 0 Å². The molecule has 136 valence electrons. The van der Waals surface area contributed by atoms with E-state index in [1.807, 2.05) is 0 Å². The molecule has 0 nitrogen and oxygen atoms in total. The van der Waals surface area contributed by atoms with E-state index in [2.05, 4.69) is 62.4 Å². The third-order valence-electron chi connectivity index (χ3n) is 5.13. The maximum absolute atomic E-state index is 2.31. The van der Waals surface area contributed by atoms with Crippen LogP contribution >= 0.6 is 0 Å². The van der Waals surface area contributed by atoms with Crippen LogP contribution in [0.3, 0.4) is 0 Å². The summed E-state index contributed by atoms with van der Waals surface area (Å²) in [5.41, 5.74) is 5.63. The van der Waals surface area contributed by atoms with E-state index in [-0.39, 0.29) is 0 Å². The minimum absolute atomic E-state index is 1.22. The summed E-state index contributed by atoms with van der Waals surface area (Å²) in [6, 6.07) is 18.4. The first-order chi connectivity index (χ1) is 12.3. The molecular formula is C25H36. The van der Waals surface area contributed by atoms with Crippen molar-refractivity contribution >= 4 is 0 Å². The van der Waals surface area contributed by atoms with Crippen LogP contribution in [0.25, 0.3) is 11.1 Å². The molecule has 0 aliphatic rings. The van der Waals surface area contributed by atoms with Gasteiger partial charge in [0, 0.05) is 0 Å². The Kier molecular flexibility index (Phi) is 9.41. The molecule has 0 aliphatic heterocycles. The maximum Gasteiger partial charge on any atom is -0.0184 e. The highest BCUT2D eigenvalue weighted by atomic mass is 14.1. The largest absolute Gasteiger partial charge is 0.0654 e. The minimum atomic E-state index is 1.22. The number of aryl methyl sites for hydroxylation is 2. The molecule has 0 heterocycles. The molecule has 2 aromatic rings. The lowest BCUT2D eigenvalue weighted by atomic mass is 9.99. The lowest BCUT2D eigenvalue weighted by Gasteiger charge is -2.07. The van der Waals surface area contributed by atoms with E-state index in [1.165, 1.54) is 92.9 Å². The van der Waals surface area contributed by atoms with Crippen LogP contribution in [0.5, 0.6) is 0 Å². The topological polar surface area (TPSA) is 0 Å². The molecule has 0 aromatic heterocycles. The Hall–Kier alpha value is -1.56. The average Bonchev–Trinajstić information content (AvgIpc) is 2.66. The molecule has 0 atom stereocenters. The van der Waals surface area contributed by atoms with Crippen molar-refractivity contribution in [1.82, 2.24) is 0 Å². The molecule has 2 aromatic carbocycles. The minimum Gasteiger partial charge on any atom is -0.0654 e. The summed E-state index contributed by atoms with van der Waals surface area (Å²) in [5.74, 6) is 0. The third kappa shape index (κ3) is 7.46. The average molecular weight is 337 g/mol.